The topological polar surface area (TPSA) is 54.5 Å². The minimum atomic E-state index is -0.127. The molecule has 0 fully saturated rings. The van der Waals surface area contributed by atoms with Crippen LogP contribution in [0.5, 0.6) is 5.75 Å². The van der Waals surface area contributed by atoms with E-state index >= 15 is 0 Å². The average molecular weight is 285 g/mol. The van der Waals surface area contributed by atoms with Gasteiger partial charge in [0.25, 0.3) is 5.91 Å². The second-order valence-corrected chi connectivity index (χ2v) is 4.65. The molecule has 0 atom stereocenters. The number of pyridine rings is 1. The van der Waals surface area contributed by atoms with Gasteiger partial charge in [-0.25, -0.2) is 0 Å². The van der Waals surface area contributed by atoms with Crippen molar-refractivity contribution in [3.63, 3.8) is 0 Å². The molecule has 0 aliphatic heterocycles. The Labute approximate surface area is 124 Å². The lowest BCUT2D eigenvalue weighted by Gasteiger charge is -2.18. The van der Waals surface area contributed by atoms with E-state index in [2.05, 4.69) is 10.3 Å². The number of amides is 1. The molecule has 0 saturated carbocycles. The molecule has 0 spiro atoms. The van der Waals surface area contributed by atoms with Crippen molar-refractivity contribution in [1.29, 1.82) is 0 Å². The fourth-order valence-electron chi connectivity index (χ4n) is 2.06. The van der Waals surface area contributed by atoms with Gasteiger partial charge in [-0.3, -0.25) is 9.78 Å². The Morgan fingerprint density at radius 1 is 1.33 bits per heavy atom. The standard InChI is InChI=1S/C16H19N3O2/c1-17-13-8-9-18-14(10-13)16(20)19(2)11-12-6-4-5-7-15(12)21-3/h4-10H,11H2,1-3H3,(H,17,18). The molecule has 0 unspecified atom stereocenters. The molecule has 1 amide bonds. The first-order chi connectivity index (χ1) is 10.2. The van der Waals surface area contributed by atoms with E-state index in [-0.39, 0.29) is 5.91 Å². The highest BCUT2D eigenvalue weighted by molar-refractivity contribution is 5.92. The molecule has 1 heterocycles. The molecule has 21 heavy (non-hydrogen) atoms. The number of hydrogen-bond acceptors (Lipinski definition) is 4. The summed E-state index contributed by atoms with van der Waals surface area (Å²) in [6.45, 7) is 0.467. The molecule has 0 aliphatic carbocycles. The summed E-state index contributed by atoms with van der Waals surface area (Å²) in [6, 6.07) is 11.2. The van der Waals surface area contributed by atoms with Crippen LogP contribution in [0.1, 0.15) is 16.1 Å². The van der Waals surface area contributed by atoms with E-state index in [0.717, 1.165) is 17.0 Å². The third-order valence-electron chi connectivity index (χ3n) is 3.21. The Balaban J connectivity index is 2.15. The molecule has 2 aromatic rings. The lowest BCUT2D eigenvalue weighted by atomic mass is 10.2. The number of anilines is 1. The maximum Gasteiger partial charge on any atom is 0.272 e. The van der Waals surface area contributed by atoms with Gasteiger partial charge in [-0.15, -0.1) is 0 Å². The normalized spacial score (nSPS) is 10.0. The summed E-state index contributed by atoms with van der Waals surface area (Å²) in [4.78, 5) is 18.2. The summed E-state index contributed by atoms with van der Waals surface area (Å²) in [5, 5.41) is 3.00. The smallest absolute Gasteiger partial charge is 0.272 e. The number of nitrogens with zero attached hydrogens (tertiary/aromatic N) is 2. The van der Waals surface area contributed by atoms with Gasteiger partial charge >= 0.3 is 0 Å². The highest BCUT2D eigenvalue weighted by Gasteiger charge is 2.15. The Morgan fingerprint density at radius 3 is 2.81 bits per heavy atom. The first kappa shape index (κ1) is 14.8. The van der Waals surface area contributed by atoms with Gasteiger partial charge in [0.15, 0.2) is 0 Å². The van der Waals surface area contributed by atoms with E-state index in [1.54, 1.807) is 31.3 Å². The van der Waals surface area contributed by atoms with E-state index in [1.165, 1.54) is 0 Å². The third-order valence-corrected chi connectivity index (χ3v) is 3.21. The van der Waals surface area contributed by atoms with Crippen LogP contribution in [-0.4, -0.2) is 37.0 Å². The first-order valence-electron chi connectivity index (χ1n) is 6.67. The van der Waals surface area contributed by atoms with Crippen LogP contribution in [0, 0.1) is 0 Å². The van der Waals surface area contributed by atoms with Crippen LogP contribution in [0.25, 0.3) is 0 Å². The second-order valence-electron chi connectivity index (χ2n) is 4.65. The van der Waals surface area contributed by atoms with Crippen molar-refractivity contribution in [3.05, 3.63) is 53.9 Å². The van der Waals surface area contributed by atoms with Gasteiger partial charge in [-0.05, 0) is 18.2 Å². The number of aromatic nitrogens is 1. The van der Waals surface area contributed by atoms with Crippen LogP contribution in [-0.2, 0) is 6.54 Å². The molecular weight excluding hydrogens is 266 g/mol. The van der Waals surface area contributed by atoms with Crippen molar-refractivity contribution >= 4 is 11.6 Å². The quantitative estimate of drug-likeness (QED) is 0.916. The molecule has 0 saturated heterocycles. The number of hydrogen-bond donors (Lipinski definition) is 1. The van der Waals surface area contributed by atoms with Crippen molar-refractivity contribution in [2.45, 2.75) is 6.54 Å². The third kappa shape index (κ3) is 3.51. The molecular formula is C16H19N3O2. The Morgan fingerprint density at radius 2 is 2.10 bits per heavy atom. The molecule has 5 nitrogen and oxygen atoms in total. The molecule has 0 radical (unpaired) electrons. The summed E-state index contributed by atoms with van der Waals surface area (Å²) in [6.07, 6.45) is 1.62. The number of carbonyl (C=O) groups excluding carboxylic acids is 1. The summed E-state index contributed by atoms with van der Waals surface area (Å²) in [7, 11) is 5.18. The Bertz CT molecular complexity index is 628. The van der Waals surface area contributed by atoms with Gasteiger partial charge in [-0.1, -0.05) is 18.2 Å². The minimum Gasteiger partial charge on any atom is -0.496 e. The SMILES string of the molecule is CNc1ccnc(C(=O)N(C)Cc2ccccc2OC)c1. The number of ether oxygens (including phenoxy) is 1. The van der Waals surface area contributed by atoms with Crippen LogP contribution >= 0.6 is 0 Å². The number of benzene rings is 1. The summed E-state index contributed by atoms with van der Waals surface area (Å²) in [5.74, 6) is 0.645. The van der Waals surface area contributed by atoms with Crippen LogP contribution < -0.4 is 10.1 Å². The van der Waals surface area contributed by atoms with Gasteiger partial charge in [0.1, 0.15) is 11.4 Å². The van der Waals surface area contributed by atoms with E-state index in [9.17, 15) is 4.79 Å². The molecule has 1 N–H and O–H groups in total. The highest BCUT2D eigenvalue weighted by Crippen LogP contribution is 2.19. The Hall–Kier alpha value is -2.56. The molecule has 0 bridgehead atoms. The number of rotatable bonds is 5. The zero-order chi connectivity index (χ0) is 15.2. The lowest BCUT2D eigenvalue weighted by Crippen LogP contribution is -2.27. The van der Waals surface area contributed by atoms with Crippen molar-refractivity contribution in [2.24, 2.45) is 0 Å². The minimum absolute atomic E-state index is 0.127. The molecule has 1 aromatic heterocycles. The van der Waals surface area contributed by atoms with Gasteiger partial charge in [0.05, 0.1) is 7.11 Å². The lowest BCUT2D eigenvalue weighted by molar-refractivity contribution is 0.0778. The van der Waals surface area contributed by atoms with E-state index in [0.29, 0.717) is 12.2 Å². The predicted octanol–water partition coefficient (Wildman–Crippen LogP) is 2.40. The Kier molecular flexibility index (Phi) is 4.77. The van der Waals surface area contributed by atoms with Gasteiger partial charge < -0.3 is 15.0 Å². The first-order valence-corrected chi connectivity index (χ1v) is 6.67. The number of para-hydroxylation sites is 1. The van der Waals surface area contributed by atoms with Crippen LogP contribution in [0.15, 0.2) is 42.6 Å². The number of carbonyl (C=O) groups is 1. The van der Waals surface area contributed by atoms with Crippen LogP contribution in [0.3, 0.4) is 0 Å². The average Bonchev–Trinajstić information content (AvgIpc) is 2.54. The van der Waals surface area contributed by atoms with Gasteiger partial charge in [0, 0.05) is 38.1 Å². The van der Waals surface area contributed by atoms with Crippen molar-refractivity contribution in [2.75, 3.05) is 26.5 Å². The molecule has 0 aliphatic rings. The summed E-state index contributed by atoms with van der Waals surface area (Å²) >= 11 is 0. The van der Waals surface area contributed by atoms with E-state index in [1.807, 2.05) is 37.4 Å². The molecule has 1 aromatic carbocycles. The summed E-state index contributed by atoms with van der Waals surface area (Å²) < 4.78 is 5.30. The van der Waals surface area contributed by atoms with E-state index < -0.39 is 0 Å². The second kappa shape index (κ2) is 6.74. The molecule has 5 heteroatoms. The number of nitrogens with one attached hydrogen (secondary N) is 1. The van der Waals surface area contributed by atoms with Gasteiger partial charge in [-0.2, -0.15) is 0 Å². The fraction of sp³-hybridized carbons (Fsp3) is 0.250. The fourth-order valence-corrected chi connectivity index (χ4v) is 2.06. The monoisotopic (exact) mass is 285 g/mol. The highest BCUT2D eigenvalue weighted by atomic mass is 16.5. The van der Waals surface area contributed by atoms with Crippen LogP contribution in [0.2, 0.25) is 0 Å². The predicted molar refractivity (Wildman–Crippen MR) is 82.6 cm³/mol. The maximum atomic E-state index is 12.4. The molecule has 2 rings (SSSR count). The molecule has 110 valence electrons. The zero-order valence-corrected chi connectivity index (χ0v) is 12.5. The van der Waals surface area contributed by atoms with Crippen molar-refractivity contribution < 1.29 is 9.53 Å². The van der Waals surface area contributed by atoms with Crippen molar-refractivity contribution in [3.8, 4) is 5.75 Å². The number of methoxy groups -OCH3 is 1. The summed E-state index contributed by atoms with van der Waals surface area (Å²) in [5.41, 5.74) is 2.24. The van der Waals surface area contributed by atoms with E-state index in [4.69, 9.17) is 4.74 Å². The largest absolute Gasteiger partial charge is 0.496 e. The van der Waals surface area contributed by atoms with Gasteiger partial charge in [0.2, 0.25) is 0 Å². The zero-order valence-electron chi connectivity index (χ0n) is 12.5. The van der Waals surface area contributed by atoms with Crippen molar-refractivity contribution in [1.82, 2.24) is 9.88 Å². The van der Waals surface area contributed by atoms with Crippen LogP contribution in [0.4, 0.5) is 5.69 Å². The maximum absolute atomic E-state index is 12.4.